The molecule has 0 bridgehead atoms. The molecule has 1 aromatic rings. The van der Waals surface area contributed by atoms with E-state index in [1.165, 1.54) is 18.2 Å². The summed E-state index contributed by atoms with van der Waals surface area (Å²) in [7, 11) is 0. The fourth-order valence-electron chi connectivity index (χ4n) is 2.03. The molecule has 0 fully saturated rings. The molecule has 1 rings (SSSR count). The molecule has 2 N–H and O–H groups in total. The van der Waals surface area contributed by atoms with E-state index in [0.717, 1.165) is 0 Å². The Labute approximate surface area is 128 Å². The van der Waals surface area contributed by atoms with Crippen LogP contribution in [0.1, 0.15) is 37.0 Å². The van der Waals surface area contributed by atoms with Crippen molar-refractivity contribution in [2.24, 2.45) is 5.41 Å². The Balaban J connectivity index is 2.98. The number of carbonyl (C=O) groups excluding carboxylic acids is 1. The maximum Gasteiger partial charge on any atom is 0.283 e. The van der Waals surface area contributed by atoms with E-state index < -0.39 is 16.2 Å². The number of nitrogens with one attached hydrogen (secondary N) is 1. The standard InChI is InChI=1S/C14H19ClN2O4/c1-3-14(4-2,9-18)8-16-13(19)12-10(15)6-5-7-11(12)17(20)21/h5-7,18H,3-4,8-9H2,1-2H3,(H,16,19). The summed E-state index contributed by atoms with van der Waals surface area (Å²) in [6.45, 7) is 4.01. The van der Waals surface area contributed by atoms with Gasteiger partial charge < -0.3 is 10.4 Å². The molecule has 0 aliphatic heterocycles. The van der Waals surface area contributed by atoms with Gasteiger partial charge in [-0.25, -0.2) is 0 Å². The van der Waals surface area contributed by atoms with Gasteiger partial charge in [0.15, 0.2) is 0 Å². The highest BCUT2D eigenvalue weighted by Crippen LogP contribution is 2.28. The Bertz CT molecular complexity index is 521. The van der Waals surface area contributed by atoms with Crippen LogP contribution in [0.25, 0.3) is 0 Å². The zero-order valence-electron chi connectivity index (χ0n) is 12.1. The second kappa shape index (κ2) is 7.38. The van der Waals surface area contributed by atoms with Crippen LogP contribution >= 0.6 is 11.6 Å². The Hall–Kier alpha value is -1.66. The lowest BCUT2D eigenvalue weighted by molar-refractivity contribution is -0.385. The summed E-state index contributed by atoms with van der Waals surface area (Å²) in [5.41, 5.74) is -0.906. The first kappa shape index (κ1) is 17.4. The van der Waals surface area contributed by atoms with Gasteiger partial charge in [0.25, 0.3) is 11.6 Å². The van der Waals surface area contributed by atoms with E-state index in [9.17, 15) is 20.0 Å². The van der Waals surface area contributed by atoms with Crippen LogP contribution in [0.15, 0.2) is 18.2 Å². The highest BCUT2D eigenvalue weighted by atomic mass is 35.5. The second-order valence-electron chi connectivity index (χ2n) is 4.94. The van der Waals surface area contributed by atoms with Crippen molar-refractivity contribution >= 4 is 23.2 Å². The van der Waals surface area contributed by atoms with Gasteiger partial charge in [-0.3, -0.25) is 14.9 Å². The highest BCUT2D eigenvalue weighted by Gasteiger charge is 2.28. The molecule has 0 saturated heterocycles. The topological polar surface area (TPSA) is 92.5 Å². The fourth-order valence-corrected chi connectivity index (χ4v) is 2.28. The first-order chi connectivity index (χ1) is 9.90. The molecule has 0 atom stereocenters. The molecule has 6 nitrogen and oxygen atoms in total. The number of nitrogens with zero attached hydrogens (tertiary/aromatic N) is 1. The quantitative estimate of drug-likeness (QED) is 0.598. The number of benzene rings is 1. The minimum Gasteiger partial charge on any atom is -0.396 e. The van der Waals surface area contributed by atoms with Crippen molar-refractivity contribution in [2.45, 2.75) is 26.7 Å². The number of carbonyl (C=O) groups is 1. The number of hydrogen-bond donors (Lipinski definition) is 2. The largest absolute Gasteiger partial charge is 0.396 e. The van der Waals surface area contributed by atoms with Crippen LogP contribution in [-0.4, -0.2) is 29.1 Å². The zero-order chi connectivity index (χ0) is 16.0. The molecular formula is C14H19ClN2O4. The Morgan fingerprint density at radius 2 is 2.05 bits per heavy atom. The fraction of sp³-hybridized carbons (Fsp3) is 0.500. The number of halogens is 1. The molecule has 7 heteroatoms. The van der Waals surface area contributed by atoms with Gasteiger partial charge in [-0.15, -0.1) is 0 Å². The van der Waals surface area contributed by atoms with Crippen LogP contribution in [-0.2, 0) is 0 Å². The molecule has 0 heterocycles. The molecule has 0 aliphatic carbocycles. The Morgan fingerprint density at radius 3 is 2.52 bits per heavy atom. The van der Waals surface area contributed by atoms with E-state index in [1.807, 2.05) is 13.8 Å². The molecule has 0 radical (unpaired) electrons. The molecule has 0 saturated carbocycles. The van der Waals surface area contributed by atoms with E-state index in [1.54, 1.807) is 0 Å². The summed E-state index contributed by atoms with van der Waals surface area (Å²) in [4.78, 5) is 22.5. The lowest BCUT2D eigenvalue weighted by atomic mass is 9.83. The van der Waals surface area contributed by atoms with Gasteiger partial charge >= 0.3 is 0 Å². The van der Waals surface area contributed by atoms with Crippen LogP contribution in [0, 0.1) is 15.5 Å². The van der Waals surface area contributed by atoms with E-state index in [0.29, 0.717) is 12.8 Å². The third-order valence-corrected chi connectivity index (χ3v) is 4.19. The Kier molecular flexibility index (Phi) is 6.11. The van der Waals surface area contributed by atoms with Gasteiger partial charge in [-0.2, -0.15) is 0 Å². The predicted molar refractivity (Wildman–Crippen MR) is 80.5 cm³/mol. The van der Waals surface area contributed by atoms with E-state index >= 15 is 0 Å². The first-order valence-corrected chi connectivity index (χ1v) is 7.10. The van der Waals surface area contributed by atoms with Crippen molar-refractivity contribution in [2.75, 3.05) is 13.2 Å². The number of amides is 1. The van der Waals surface area contributed by atoms with Crippen molar-refractivity contribution in [1.82, 2.24) is 5.32 Å². The van der Waals surface area contributed by atoms with Crippen LogP contribution in [0.4, 0.5) is 5.69 Å². The number of rotatable bonds is 7. The van der Waals surface area contributed by atoms with Gasteiger partial charge in [-0.1, -0.05) is 31.5 Å². The van der Waals surface area contributed by atoms with Crippen molar-refractivity contribution in [3.8, 4) is 0 Å². The van der Waals surface area contributed by atoms with Crippen molar-refractivity contribution in [3.05, 3.63) is 38.9 Å². The molecule has 1 amide bonds. The smallest absolute Gasteiger partial charge is 0.283 e. The minimum absolute atomic E-state index is 0.0318. The zero-order valence-corrected chi connectivity index (χ0v) is 12.8. The van der Waals surface area contributed by atoms with Crippen molar-refractivity contribution in [1.29, 1.82) is 0 Å². The summed E-state index contributed by atoms with van der Waals surface area (Å²) >= 11 is 5.91. The lowest BCUT2D eigenvalue weighted by Crippen LogP contribution is -2.39. The van der Waals surface area contributed by atoms with Crippen LogP contribution in [0.5, 0.6) is 0 Å². The molecule has 21 heavy (non-hydrogen) atoms. The van der Waals surface area contributed by atoms with E-state index in [4.69, 9.17) is 11.6 Å². The number of aliphatic hydroxyl groups excluding tert-OH is 1. The number of aliphatic hydroxyl groups is 1. The number of hydrogen-bond acceptors (Lipinski definition) is 4. The number of nitro groups is 1. The van der Waals surface area contributed by atoms with E-state index in [-0.39, 0.29) is 29.4 Å². The molecule has 0 aromatic heterocycles. The first-order valence-electron chi connectivity index (χ1n) is 6.72. The summed E-state index contributed by atoms with van der Waals surface area (Å²) in [6.07, 6.45) is 1.37. The Morgan fingerprint density at radius 1 is 1.43 bits per heavy atom. The average Bonchev–Trinajstić information content (AvgIpc) is 2.48. The molecule has 0 spiro atoms. The van der Waals surface area contributed by atoms with Gasteiger partial charge in [0.05, 0.1) is 16.6 Å². The third kappa shape index (κ3) is 3.92. The van der Waals surface area contributed by atoms with Gasteiger partial charge in [0.2, 0.25) is 0 Å². The molecule has 0 aliphatic rings. The normalized spacial score (nSPS) is 11.2. The molecular weight excluding hydrogens is 296 g/mol. The van der Waals surface area contributed by atoms with Crippen LogP contribution in [0.3, 0.4) is 0 Å². The summed E-state index contributed by atoms with van der Waals surface area (Å²) < 4.78 is 0. The third-order valence-electron chi connectivity index (χ3n) is 3.87. The van der Waals surface area contributed by atoms with Crippen LogP contribution in [0.2, 0.25) is 5.02 Å². The van der Waals surface area contributed by atoms with Gasteiger partial charge in [0.1, 0.15) is 5.56 Å². The van der Waals surface area contributed by atoms with Crippen LogP contribution < -0.4 is 5.32 Å². The summed E-state index contributed by atoms with van der Waals surface area (Å²) in [6, 6.07) is 4.09. The molecule has 0 unspecified atom stereocenters. The van der Waals surface area contributed by atoms with E-state index in [2.05, 4.69) is 5.32 Å². The van der Waals surface area contributed by atoms with Gasteiger partial charge in [-0.05, 0) is 18.9 Å². The van der Waals surface area contributed by atoms with Crippen molar-refractivity contribution in [3.63, 3.8) is 0 Å². The SMILES string of the molecule is CCC(CC)(CO)CNC(=O)c1c(Cl)cccc1[N+](=O)[O-]. The highest BCUT2D eigenvalue weighted by molar-refractivity contribution is 6.34. The predicted octanol–water partition coefficient (Wildman–Crippen LogP) is 2.78. The molecule has 116 valence electrons. The second-order valence-corrected chi connectivity index (χ2v) is 5.35. The minimum atomic E-state index is -0.639. The average molecular weight is 315 g/mol. The summed E-state index contributed by atoms with van der Waals surface area (Å²) in [5, 5.41) is 23.1. The maximum atomic E-state index is 12.2. The maximum absolute atomic E-state index is 12.2. The van der Waals surface area contributed by atoms with Crippen molar-refractivity contribution < 1.29 is 14.8 Å². The molecule has 1 aromatic carbocycles. The monoisotopic (exact) mass is 314 g/mol. The van der Waals surface area contributed by atoms with Gasteiger partial charge in [0, 0.05) is 18.0 Å². The number of nitro benzene ring substituents is 1. The summed E-state index contributed by atoms with van der Waals surface area (Å²) in [5.74, 6) is -0.605. The lowest BCUT2D eigenvalue weighted by Gasteiger charge is -2.29.